The zero-order valence-corrected chi connectivity index (χ0v) is 10.9. The predicted molar refractivity (Wildman–Crippen MR) is 73.4 cm³/mol. The first-order valence-electron chi connectivity index (χ1n) is 5.84. The number of hydrogen-bond acceptors (Lipinski definition) is 3. The molecule has 0 radical (unpaired) electrons. The number of nitrogens with one attached hydrogen (secondary N) is 1. The summed E-state index contributed by atoms with van der Waals surface area (Å²) in [6, 6.07) is 7.91. The number of nitrogens with zero attached hydrogens (tertiary/aromatic N) is 1. The van der Waals surface area contributed by atoms with Crippen LogP contribution in [0.2, 0.25) is 0 Å². The molecule has 17 heavy (non-hydrogen) atoms. The molecule has 4 heteroatoms. The number of rotatable bonds is 2. The van der Waals surface area contributed by atoms with Gasteiger partial charge in [0.1, 0.15) is 0 Å². The van der Waals surface area contributed by atoms with Crippen molar-refractivity contribution in [3.63, 3.8) is 0 Å². The Balaban J connectivity index is 0.00000144. The Morgan fingerprint density at radius 1 is 1.18 bits per heavy atom. The fraction of sp³-hybridized carbons (Fsp3) is 0.462. The molecule has 1 saturated heterocycles. The maximum absolute atomic E-state index is 11.2. The van der Waals surface area contributed by atoms with Crippen LogP contribution in [0.3, 0.4) is 0 Å². The Kier molecular flexibility index (Phi) is 5.45. The van der Waals surface area contributed by atoms with Crippen LogP contribution in [0.25, 0.3) is 0 Å². The van der Waals surface area contributed by atoms with Crippen LogP contribution in [-0.4, -0.2) is 32.0 Å². The lowest BCUT2D eigenvalue weighted by Gasteiger charge is -2.22. The molecule has 0 aromatic heterocycles. The minimum absolute atomic E-state index is 0. The van der Waals surface area contributed by atoms with Gasteiger partial charge in [0.05, 0.1) is 0 Å². The molecule has 0 spiro atoms. The molecule has 0 unspecified atom stereocenters. The van der Waals surface area contributed by atoms with Gasteiger partial charge >= 0.3 is 0 Å². The second-order valence-corrected chi connectivity index (χ2v) is 4.19. The highest BCUT2D eigenvalue weighted by molar-refractivity contribution is 5.94. The Morgan fingerprint density at radius 2 is 1.88 bits per heavy atom. The van der Waals surface area contributed by atoms with E-state index in [9.17, 15) is 4.79 Å². The quantitative estimate of drug-likeness (QED) is 0.821. The molecule has 0 aliphatic carbocycles. The lowest BCUT2D eigenvalue weighted by atomic mass is 10.1. The molecule has 0 amide bonds. The van der Waals surface area contributed by atoms with Gasteiger partial charge in [0.25, 0.3) is 0 Å². The molecule has 1 fully saturated rings. The van der Waals surface area contributed by atoms with Crippen molar-refractivity contribution in [1.29, 1.82) is 0 Å². The number of ketones is 1. The zero-order valence-electron chi connectivity index (χ0n) is 10.1. The van der Waals surface area contributed by atoms with Gasteiger partial charge in [-0.25, -0.2) is 0 Å². The molecule has 3 nitrogen and oxygen atoms in total. The Morgan fingerprint density at radius 3 is 2.53 bits per heavy atom. The van der Waals surface area contributed by atoms with E-state index in [4.69, 9.17) is 0 Å². The molecule has 1 aliphatic rings. The molecule has 0 bridgehead atoms. The molecule has 1 aromatic carbocycles. The maximum Gasteiger partial charge on any atom is 0.159 e. The first kappa shape index (κ1) is 14.0. The highest BCUT2D eigenvalue weighted by atomic mass is 35.5. The summed E-state index contributed by atoms with van der Waals surface area (Å²) in [7, 11) is 0. The minimum Gasteiger partial charge on any atom is -0.370 e. The summed E-state index contributed by atoms with van der Waals surface area (Å²) < 4.78 is 0. The van der Waals surface area contributed by atoms with Gasteiger partial charge in [0.2, 0.25) is 0 Å². The van der Waals surface area contributed by atoms with Gasteiger partial charge in [-0.2, -0.15) is 0 Å². The van der Waals surface area contributed by atoms with Gasteiger partial charge in [-0.1, -0.05) is 0 Å². The van der Waals surface area contributed by atoms with E-state index in [1.165, 1.54) is 12.1 Å². The fourth-order valence-electron chi connectivity index (χ4n) is 2.01. The Hall–Kier alpha value is -1.06. The van der Waals surface area contributed by atoms with Crippen LogP contribution < -0.4 is 10.2 Å². The minimum atomic E-state index is 0. The van der Waals surface area contributed by atoms with E-state index in [0.717, 1.165) is 31.7 Å². The van der Waals surface area contributed by atoms with Gasteiger partial charge in [0.15, 0.2) is 5.78 Å². The monoisotopic (exact) mass is 254 g/mol. The lowest BCUT2D eigenvalue weighted by molar-refractivity contribution is 0.101. The number of anilines is 1. The number of carbonyl (C=O) groups is 1. The van der Waals surface area contributed by atoms with Crippen LogP contribution >= 0.6 is 12.4 Å². The summed E-state index contributed by atoms with van der Waals surface area (Å²) in [4.78, 5) is 13.5. The number of benzene rings is 1. The Labute approximate surface area is 109 Å². The molecule has 0 atom stereocenters. The highest BCUT2D eigenvalue weighted by Crippen LogP contribution is 2.16. The van der Waals surface area contributed by atoms with Gasteiger partial charge in [0, 0.05) is 30.9 Å². The average molecular weight is 255 g/mol. The van der Waals surface area contributed by atoms with E-state index in [0.29, 0.717) is 0 Å². The zero-order chi connectivity index (χ0) is 11.4. The molecular weight excluding hydrogens is 236 g/mol. The molecule has 2 rings (SSSR count). The van der Waals surface area contributed by atoms with E-state index >= 15 is 0 Å². The normalized spacial score (nSPS) is 15.9. The van der Waals surface area contributed by atoms with Crippen LogP contribution in [0.4, 0.5) is 5.69 Å². The van der Waals surface area contributed by atoms with E-state index in [1.807, 2.05) is 24.3 Å². The fourth-order valence-corrected chi connectivity index (χ4v) is 2.01. The first-order chi connectivity index (χ1) is 7.77. The summed E-state index contributed by atoms with van der Waals surface area (Å²) in [5, 5.41) is 3.38. The number of hydrogen-bond donors (Lipinski definition) is 1. The van der Waals surface area contributed by atoms with E-state index < -0.39 is 0 Å². The van der Waals surface area contributed by atoms with Gasteiger partial charge in [-0.3, -0.25) is 4.79 Å². The van der Waals surface area contributed by atoms with E-state index in [1.54, 1.807) is 6.92 Å². The molecule has 1 aromatic rings. The van der Waals surface area contributed by atoms with E-state index in [2.05, 4.69) is 10.2 Å². The standard InChI is InChI=1S/C13H18N2O.ClH/c1-11(16)12-3-5-13(6-4-12)15-9-2-7-14-8-10-15;/h3-6,14H,2,7-10H2,1H3;1H. The van der Waals surface area contributed by atoms with Crippen molar-refractivity contribution in [2.45, 2.75) is 13.3 Å². The topological polar surface area (TPSA) is 32.3 Å². The van der Waals surface area contributed by atoms with Crippen LogP contribution in [0.15, 0.2) is 24.3 Å². The molecule has 1 heterocycles. The smallest absolute Gasteiger partial charge is 0.159 e. The van der Waals surface area contributed by atoms with Crippen molar-refractivity contribution in [2.24, 2.45) is 0 Å². The summed E-state index contributed by atoms with van der Waals surface area (Å²) >= 11 is 0. The number of halogens is 1. The van der Waals surface area contributed by atoms with Crippen LogP contribution in [0, 0.1) is 0 Å². The maximum atomic E-state index is 11.2. The third-order valence-corrected chi connectivity index (χ3v) is 2.98. The van der Waals surface area contributed by atoms with Gasteiger partial charge in [-0.05, 0) is 44.2 Å². The van der Waals surface area contributed by atoms with E-state index in [-0.39, 0.29) is 18.2 Å². The molecule has 1 aliphatic heterocycles. The molecule has 94 valence electrons. The summed E-state index contributed by atoms with van der Waals surface area (Å²) in [5.74, 6) is 0.129. The summed E-state index contributed by atoms with van der Waals surface area (Å²) in [5.41, 5.74) is 2.00. The summed E-state index contributed by atoms with van der Waals surface area (Å²) in [6.45, 7) is 5.87. The van der Waals surface area contributed by atoms with Crippen LogP contribution in [0.1, 0.15) is 23.7 Å². The second-order valence-electron chi connectivity index (χ2n) is 4.19. The predicted octanol–water partition coefficient (Wildman–Crippen LogP) is 2.11. The van der Waals surface area contributed by atoms with Gasteiger partial charge < -0.3 is 10.2 Å². The van der Waals surface area contributed by atoms with Crippen molar-refractivity contribution in [2.75, 3.05) is 31.1 Å². The van der Waals surface area contributed by atoms with Crippen molar-refractivity contribution in [1.82, 2.24) is 5.32 Å². The number of carbonyl (C=O) groups excluding carboxylic acids is 1. The van der Waals surface area contributed by atoms with Crippen molar-refractivity contribution in [3.8, 4) is 0 Å². The first-order valence-corrected chi connectivity index (χ1v) is 5.84. The van der Waals surface area contributed by atoms with Crippen molar-refractivity contribution >= 4 is 23.9 Å². The molecule has 0 saturated carbocycles. The Bertz CT molecular complexity index is 356. The van der Waals surface area contributed by atoms with Crippen LogP contribution in [0.5, 0.6) is 0 Å². The third kappa shape index (κ3) is 3.72. The summed E-state index contributed by atoms with van der Waals surface area (Å²) in [6.07, 6.45) is 1.18. The largest absolute Gasteiger partial charge is 0.370 e. The lowest BCUT2D eigenvalue weighted by Crippen LogP contribution is -2.27. The average Bonchev–Trinajstić information content (AvgIpc) is 2.57. The van der Waals surface area contributed by atoms with Crippen molar-refractivity contribution in [3.05, 3.63) is 29.8 Å². The van der Waals surface area contributed by atoms with Gasteiger partial charge in [-0.15, -0.1) is 12.4 Å². The molecule has 1 N–H and O–H groups in total. The molecular formula is C13H19ClN2O. The third-order valence-electron chi connectivity index (χ3n) is 2.98. The highest BCUT2D eigenvalue weighted by Gasteiger charge is 2.09. The number of Topliss-reactive ketones (excluding diaryl/α,β-unsaturated/α-hetero) is 1. The van der Waals surface area contributed by atoms with Crippen molar-refractivity contribution < 1.29 is 4.79 Å². The second kappa shape index (κ2) is 6.62. The SMILES string of the molecule is CC(=O)c1ccc(N2CCCNCC2)cc1.Cl. The van der Waals surface area contributed by atoms with Crippen LogP contribution in [-0.2, 0) is 0 Å².